The van der Waals surface area contributed by atoms with Crippen molar-refractivity contribution in [2.75, 3.05) is 13.6 Å². The first-order valence-electron chi connectivity index (χ1n) is 3.75. The lowest BCUT2D eigenvalue weighted by Gasteiger charge is -2.22. The Balaban J connectivity index is 3.56. The van der Waals surface area contributed by atoms with Gasteiger partial charge in [-0.2, -0.15) is 0 Å². The zero-order valence-electron chi connectivity index (χ0n) is 7.20. The molecule has 0 saturated carbocycles. The maximum absolute atomic E-state index is 9.24. The number of rotatable bonds is 5. The predicted octanol–water partition coefficient (Wildman–Crippen LogP) is 0.193. The van der Waals surface area contributed by atoms with Crippen molar-refractivity contribution in [1.82, 2.24) is 4.90 Å². The van der Waals surface area contributed by atoms with E-state index < -0.39 is 12.3 Å². The third kappa shape index (κ3) is 4.95. The third-order valence-corrected chi connectivity index (χ3v) is 1.58. The zero-order valence-corrected chi connectivity index (χ0v) is 7.20. The van der Waals surface area contributed by atoms with Crippen molar-refractivity contribution in [2.24, 2.45) is 0 Å². The van der Waals surface area contributed by atoms with Crippen molar-refractivity contribution in [1.29, 1.82) is 0 Å². The maximum atomic E-state index is 9.24. The summed E-state index contributed by atoms with van der Waals surface area (Å²) >= 11 is 0. The molecule has 66 valence electrons. The van der Waals surface area contributed by atoms with Gasteiger partial charge in [-0.25, -0.2) is 0 Å². The molecule has 0 amide bonds. The van der Waals surface area contributed by atoms with Gasteiger partial charge in [-0.3, -0.25) is 4.90 Å². The summed E-state index contributed by atoms with van der Waals surface area (Å²) in [5.74, 6) is 0. The van der Waals surface area contributed by atoms with Crippen LogP contribution in [0, 0.1) is 0 Å². The molecular weight excluding hydrogens is 142 g/mol. The smallest absolute Gasteiger partial charge is 0.104 e. The second-order valence-electron chi connectivity index (χ2n) is 2.75. The van der Waals surface area contributed by atoms with Crippen molar-refractivity contribution in [2.45, 2.75) is 25.7 Å². The van der Waals surface area contributed by atoms with Crippen LogP contribution in [0.1, 0.15) is 13.3 Å². The second-order valence-corrected chi connectivity index (χ2v) is 2.75. The Morgan fingerprint density at radius 3 is 2.45 bits per heavy atom. The highest BCUT2D eigenvalue weighted by atomic mass is 16.3. The summed E-state index contributed by atoms with van der Waals surface area (Å²) in [7, 11) is 1.76. The minimum Gasteiger partial charge on any atom is -0.391 e. The molecule has 0 spiro atoms. The Kier molecular flexibility index (Phi) is 5.11. The van der Waals surface area contributed by atoms with E-state index in [0.717, 1.165) is 0 Å². The Morgan fingerprint density at radius 2 is 2.09 bits per heavy atom. The van der Waals surface area contributed by atoms with Crippen LogP contribution in [0.3, 0.4) is 0 Å². The van der Waals surface area contributed by atoms with Crippen LogP contribution in [0.2, 0.25) is 0 Å². The molecule has 0 fully saturated rings. The average Bonchev–Trinajstić information content (AvgIpc) is 1.87. The highest BCUT2D eigenvalue weighted by Crippen LogP contribution is 1.97. The van der Waals surface area contributed by atoms with Crippen LogP contribution >= 0.6 is 0 Å². The van der Waals surface area contributed by atoms with E-state index in [0.29, 0.717) is 13.0 Å². The molecule has 0 aromatic carbocycles. The van der Waals surface area contributed by atoms with Gasteiger partial charge in [0.15, 0.2) is 0 Å². The molecule has 3 nitrogen and oxygen atoms in total. The van der Waals surface area contributed by atoms with Crippen LogP contribution in [0.25, 0.3) is 0 Å². The molecule has 2 unspecified atom stereocenters. The Morgan fingerprint density at radius 1 is 1.55 bits per heavy atom. The summed E-state index contributed by atoms with van der Waals surface area (Å²) in [4.78, 5) is 1.67. The lowest BCUT2D eigenvalue weighted by atomic mass is 10.2. The van der Waals surface area contributed by atoms with E-state index in [1.54, 1.807) is 24.9 Å². The quantitative estimate of drug-likeness (QED) is 0.444. The Hall–Kier alpha value is -0.380. The summed E-state index contributed by atoms with van der Waals surface area (Å²) < 4.78 is 0. The highest BCUT2D eigenvalue weighted by molar-refractivity contribution is 4.74. The van der Waals surface area contributed by atoms with Crippen molar-refractivity contribution in [3.05, 3.63) is 12.7 Å². The third-order valence-electron chi connectivity index (χ3n) is 1.58. The monoisotopic (exact) mass is 159 g/mol. The summed E-state index contributed by atoms with van der Waals surface area (Å²) in [5.41, 5.74) is 0. The summed E-state index contributed by atoms with van der Waals surface area (Å²) in [6.45, 7) is 5.65. The van der Waals surface area contributed by atoms with Crippen LogP contribution < -0.4 is 0 Å². The lowest BCUT2D eigenvalue weighted by molar-refractivity contribution is 0.00759. The number of hydrogen-bond acceptors (Lipinski definition) is 3. The summed E-state index contributed by atoms with van der Waals surface area (Å²) in [5, 5.41) is 18.3. The minimum absolute atomic E-state index is 0.424. The van der Waals surface area contributed by atoms with E-state index in [4.69, 9.17) is 5.11 Å². The molecule has 0 aliphatic rings. The van der Waals surface area contributed by atoms with E-state index >= 15 is 0 Å². The van der Waals surface area contributed by atoms with Crippen molar-refractivity contribution in [3.8, 4) is 0 Å². The first-order valence-corrected chi connectivity index (χ1v) is 3.75. The molecule has 0 bridgehead atoms. The SMILES string of the molecule is C=CCC(O)CN(C)C(C)O. The number of hydrogen-bond donors (Lipinski definition) is 2. The van der Waals surface area contributed by atoms with Gasteiger partial charge in [0.2, 0.25) is 0 Å². The first kappa shape index (κ1) is 10.6. The number of aliphatic hydroxyl groups excluding tert-OH is 2. The van der Waals surface area contributed by atoms with E-state index in [9.17, 15) is 5.11 Å². The molecule has 0 aromatic rings. The van der Waals surface area contributed by atoms with Gasteiger partial charge in [0.05, 0.1) is 6.10 Å². The number of likely N-dealkylation sites (N-methyl/N-ethyl adjacent to an activating group) is 1. The van der Waals surface area contributed by atoms with Crippen molar-refractivity contribution >= 4 is 0 Å². The van der Waals surface area contributed by atoms with Crippen LogP contribution in [-0.4, -0.2) is 41.0 Å². The van der Waals surface area contributed by atoms with Crippen LogP contribution in [0.4, 0.5) is 0 Å². The van der Waals surface area contributed by atoms with E-state index in [-0.39, 0.29) is 0 Å². The van der Waals surface area contributed by atoms with Gasteiger partial charge in [-0.05, 0) is 20.4 Å². The number of aliphatic hydroxyl groups is 2. The van der Waals surface area contributed by atoms with Crippen molar-refractivity contribution < 1.29 is 10.2 Å². The maximum Gasteiger partial charge on any atom is 0.104 e. The molecule has 0 rings (SSSR count). The molecule has 0 aromatic heterocycles. The van der Waals surface area contributed by atoms with Crippen molar-refractivity contribution in [3.63, 3.8) is 0 Å². The molecule has 3 heteroatoms. The van der Waals surface area contributed by atoms with Crippen LogP contribution in [0.15, 0.2) is 12.7 Å². The van der Waals surface area contributed by atoms with Crippen LogP contribution in [-0.2, 0) is 0 Å². The summed E-state index contributed by atoms with van der Waals surface area (Å²) in [6, 6.07) is 0. The highest BCUT2D eigenvalue weighted by Gasteiger charge is 2.09. The van der Waals surface area contributed by atoms with Crippen LogP contribution in [0.5, 0.6) is 0 Å². The topological polar surface area (TPSA) is 43.7 Å². The molecule has 11 heavy (non-hydrogen) atoms. The zero-order chi connectivity index (χ0) is 8.85. The molecule has 0 aliphatic heterocycles. The molecule has 0 aliphatic carbocycles. The normalized spacial score (nSPS) is 16.5. The lowest BCUT2D eigenvalue weighted by Crippen LogP contribution is -2.35. The van der Waals surface area contributed by atoms with Gasteiger partial charge in [0.25, 0.3) is 0 Å². The van der Waals surface area contributed by atoms with Gasteiger partial charge in [-0.1, -0.05) is 6.08 Å². The fourth-order valence-electron chi connectivity index (χ4n) is 0.752. The Bertz CT molecular complexity index is 115. The van der Waals surface area contributed by atoms with E-state index in [1.807, 2.05) is 0 Å². The van der Waals surface area contributed by atoms with Gasteiger partial charge < -0.3 is 10.2 Å². The standard InChI is InChI=1S/C8H17NO2/c1-4-5-8(11)6-9(3)7(2)10/h4,7-8,10-11H,1,5-6H2,2-3H3. The van der Waals surface area contributed by atoms with Gasteiger partial charge >= 0.3 is 0 Å². The van der Waals surface area contributed by atoms with Gasteiger partial charge in [0.1, 0.15) is 6.23 Å². The Labute approximate surface area is 68.0 Å². The molecule has 2 atom stereocenters. The van der Waals surface area contributed by atoms with Gasteiger partial charge in [-0.15, -0.1) is 6.58 Å². The average molecular weight is 159 g/mol. The molecule has 2 N–H and O–H groups in total. The van der Waals surface area contributed by atoms with E-state index in [1.165, 1.54) is 0 Å². The van der Waals surface area contributed by atoms with Gasteiger partial charge in [0, 0.05) is 6.54 Å². The van der Waals surface area contributed by atoms with E-state index in [2.05, 4.69) is 6.58 Å². The fraction of sp³-hybridized carbons (Fsp3) is 0.750. The fourth-order valence-corrected chi connectivity index (χ4v) is 0.752. The first-order chi connectivity index (χ1) is 5.07. The molecule has 0 radical (unpaired) electrons. The molecule has 0 heterocycles. The molecular formula is C8H17NO2. The summed E-state index contributed by atoms with van der Waals surface area (Å²) in [6.07, 6.45) is 1.30. The minimum atomic E-state index is -0.505. The second kappa shape index (κ2) is 5.29. The largest absolute Gasteiger partial charge is 0.391 e. The predicted molar refractivity (Wildman–Crippen MR) is 45.1 cm³/mol. The molecule has 0 saturated heterocycles. The number of nitrogens with zero attached hydrogens (tertiary/aromatic N) is 1.